The topological polar surface area (TPSA) is 69.0 Å². The molecule has 0 radical (unpaired) electrons. The van der Waals surface area contributed by atoms with E-state index in [0.717, 1.165) is 63.6 Å². The predicted molar refractivity (Wildman–Crippen MR) is 123 cm³/mol. The van der Waals surface area contributed by atoms with Gasteiger partial charge in [-0.15, -0.1) is 0 Å². The Bertz CT molecular complexity index is 1330. The number of anilines is 1. The molecule has 0 spiro atoms. The zero-order valence-corrected chi connectivity index (χ0v) is 18.8. The van der Waals surface area contributed by atoms with Gasteiger partial charge in [0, 0.05) is 18.5 Å². The summed E-state index contributed by atoms with van der Waals surface area (Å²) in [6.45, 7) is 5.00. The Morgan fingerprint density at radius 1 is 1.25 bits per heavy atom. The lowest BCUT2D eigenvalue weighted by molar-refractivity contribution is 0.155. The standard InChI is InChI=1S/C24H23FN4O2S/c1-3-18-23(32-22(27-18)17-8-7-16(25)11-14(17)2)28-24(30)31-13-15-6-9-20-19(12-15)26-21-5-4-10-29(20)21/h6-9,11-12H,3-5,10,13H2,1-2H3,(H,28,30). The van der Waals surface area contributed by atoms with Crippen molar-refractivity contribution < 1.29 is 13.9 Å². The Labute approximate surface area is 189 Å². The van der Waals surface area contributed by atoms with Crippen LogP contribution < -0.4 is 5.32 Å². The van der Waals surface area contributed by atoms with E-state index in [0.29, 0.717) is 11.4 Å². The first kappa shape index (κ1) is 20.6. The van der Waals surface area contributed by atoms with E-state index < -0.39 is 6.09 Å². The van der Waals surface area contributed by atoms with Gasteiger partial charge in [0.05, 0.1) is 16.7 Å². The van der Waals surface area contributed by atoms with Gasteiger partial charge in [0.2, 0.25) is 0 Å². The van der Waals surface area contributed by atoms with E-state index in [4.69, 9.17) is 9.72 Å². The lowest BCUT2D eigenvalue weighted by Gasteiger charge is -2.07. The lowest BCUT2D eigenvalue weighted by atomic mass is 10.1. The smallest absolute Gasteiger partial charge is 0.412 e. The van der Waals surface area contributed by atoms with Gasteiger partial charge < -0.3 is 9.30 Å². The minimum Gasteiger partial charge on any atom is -0.444 e. The van der Waals surface area contributed by atoms with Gasteiger partial charge in [-0.05, 0) is 61.2 Å². The first-order valence-electron chi connectivity index (χ1n) is 10.7. The van der Waals surface area contributed by atoms with Crippen molar-refractivity contribution in [3.8, 4) is 10.6 Å². The predicted octanol–water partition coefficient (Wildman–Crippen LogP) is 5.86. The third kappa shape index (κ3) is 3.86. The van der Waals surface area contributed by atoms with Crippen molar-refractivity contribution in [2.75, 3.05) is 5.32 Å². The highest BCUT2D eigenvalue weighted by Gasteiger charge is 2.18. The van der Waals surface area contributed by atoms with E-state index >= 15 is 0 Å². The average molecular weight is 451 g/mol. The van der Waals surface area contributed by atoms with Crippen molar-refractivity contribution >= 4 is 33.5 Å². The third-order valence-electron chi connectivity index (χ3n) is 5.71. The average Bonchev–Trinajstić information content (AvgIpc) is 3.46. The molecule has 0 unspecified atom stereocenters. The van der Waals surface area contributed by atoms with Gasteiger partial charge in [-0.2, -0.15) is 0 Å². The minimum atomic E-state index is -0.529. The Morgan fingerprint density at radius 2 is 2.12 bits per heavy atom. The monoisotopic (exact) mass is 450 g/mol. The number of nitrogens with one attached hydrogen (secondary N) is 1. The molecule has 6 nitrogen and oxygen atoms in total. The van der Waals surface area contributed by atoms with Crippen LogP contribution in [0.5, 0.6) is 0 Å². The zero-order chi connectivity index (χ0) is 22.2. The van der Waals surface area contributed by atoms with Gasteiger partial charge in [0.25, 0.3) is 0 Å². The molecule has 0 saturated heterocycles. The van der Waals surface area contributed by atoms with E-state index in [2.05, 4.69) is 14.9 Å². The number of halogens is 1. The minimum absolute atomic E-state index is 0.161. The third-order valence-corrected chi connectivity index (χ3v) is 6.76. The fourth-order valence-corrected chi connectivity index (χ4v) is 5.23. The first-order chi connectivity index (χ1) is 15.5. The molecule has 32 heavy (non-hydrogen) atoms. The van der Waals surface area contributed by atoms with Gasteiger partial charge in [0.15, 0.2) is 0 Å². The molecule has 1 aliphatic rings. The second kappa shape index (κ2) is 8.35. The number of carbonyl (C=O) groups is 1. The number of hydrogen-bond donors (Lipinski definition) is 1. The molecule has 1 amide bonds. The number of rotatable bonds is 5. The van der Waals surface area contributed by atoms with E-state index in [1.807, 2.05) is 32.0 Å². The molecular formula is C24H23FN4O2S. The summed E-state index contributed by atoms with van der Waals surface area (Å²) >= 11 is 1.36. The van der Waals surface area contributed by atoms with Crippen molar-refractivity contribution in [3.63, 3.8) is 0 Å². The molecule has 1 N–H and O–H groups in total. The molecule has 0 atom stereocenters. The molecule has 2 aromatic heterocycles. The first-order valence-corrected chi connectivity index (χ1v) is 11.5. The van der Waals surface area contributed by atoms with Gasteiger partial charge in [-0.25, -0.2) is 19.2 Å². The fraction of sp³-hybridized carbons (Fsp3) is 0.292. The molecule has 1 aliphatic heterocycles. The van der Waals surface area contributed by atoms with Gasteiger partial charge in [0.1, 0.15) is 28.3 Å². The summed E-state index contributed by atoms with van der Waals surface area (Å²) in [5.74, 6) is 0.846. The van der Waals surface area contributed by atoms with Crippen LogP contribution in [0.25, 0.3) is 21.6 Å². The maximum atomic E-state index is 13.4. The second-order valence-corrected chi connectivity index (χ2v) is 8.91. The number of nitrogens with zero attached hydrogens (tertiary/aromatic N) is 3. The number of fused-ring (bicyclic) bond motifs is 3. The molecule has 3 heterocycles. The highest BCUT2D eigenvalue weighted by molar-refractivity contribution is 7.19. The van der Waals surface area contributed by atoms with Crippen molar-refractivity contribution in [3.05, 3.63) is 64.9 Å². The van der Waals surface area contributed by atoms with Gasteiger partial charge in [-0.1, -0.05) is 24.3 Å². The highest BCUT2D eigenvalue weighted by atomic mass is 32.1. The molecule has 5 rings (SSSR count). The van der Waals surface area contributed by atoms with Crippen LogP contribution in [0, 0.1) is 12.7 Å². The number of imidazole rings is 1. The highest BCUT2D eigenvalue weighted by Crippen LogP contribution is 2.34. The lowest BCUT2D eigenvalue weighted by Crippen LogP contribution is -2.13. The molecule has 2 aromatic carbocycles. The molecule has 0 fully saturated rings. The van der Waals surface area contributed by atoms with Crippen molar-refractivity contribution in [1.29, 1.82) is 0 Å². The Balaban J connectivity index is 1.28. The number of thiazole rings is 1. The molecule has 0 saturated carbocycles. The maximum Gasteiger partial charge on any atom is 0.412 e. The van der Waals surface area contributed by atoms with Crippen LogP contribution >= 0.6 is 11.3 Å². The summed E-state index contributed by atoms with van der Waals surface area (Å²) in [7, 11) is 0. The summed E-state index contributed by atoms with van der Waals surface area (Å²) in [6.07, 6.45) is 2.28. The quantitative estimate of drug-likeness (QED) is 0.413. The number of hydrogen-bond acceptors (Lipinski definition) is 5. The summed E-state index contributed by atoms with van der Waals surface area (Å²) in [5.41, 5.74) is 5.40. The number of amides is 1. The molecule has 0 bridgehead atoms. The summed E-state index contributed by atoms with van der Waals surface area (Å²) in [5, 5.41) is 4.22. The Morgan fingerprint density at radius 3 is 2.94 bits per heavy atom. The van der Waals surface area contributed by atoms with Crippen LogP contribution in [0.15, 0.2) is 36.4 Å². The second-order valence-electron chi connectivity index (χ2n) is 7.92. The van der Waals surface area contributed by atoms with E-state index in [1.165, 1.54) is 23.5 Å². The number of aromatic nitrogens is 3. The SMILES string of the molecule is CCc1nc(-c2ccc(F)cc2C)sc1NC(=O)OCc1ccc2c(c1)nc1n2CCC1. The van der Waals surface area contributed by atoms with E-state index in [-0.39, 0.29) is 12.4 Å². The van der Waals surface area contributed by atoms with Gasteiger partial charge >= 0.3 is 6.09 Å². The van der Waals surface area contributed by atoms with E-state index in [1.54, 1.807) is 6.07 Å². The van der Waals surface area contributed by atoms with Crippen LogP contribution in [0.4, 0.5) is 14.2 Å². The summed E-state index contributed by atoms with van der Waals surface area (Å²) in [4.78, 5) is 21.8. The maximum absolute atomic E-state index is 13.4. The molecule has 164 valence electrons. The molecule has 4 aromatic rings. The normalized spacial score (nSPS) is 12.8. The van der Waals surface area contributed by atoms with Crippen molar-refractivity contribution in [2.24, 2.45) is 0 Å². The fourth-order valence-electron chi connectivity index (χ4n) is 4.10. The summed E-state index contributed by atoms with van der Waals surface area (Å²) < 4.78 is 21.2. The number of ether oxygens (including phenoxy) is 1. The Kier molecular flexibility index (Phi) is 5.38. The van der Waals surface area contributed by atoms with Crippen LogP contribution in [-0.2, 0) is 30.7 Å². The number of aryl methyl sites for hydroxylation is 4. The van der Waals surface area contributed by atoms with Crippen LogP contribution in [0.1, 0.15) is 36.0 Å². The largest absolute Gasteiger partial charge is 0.444 e. The van der Waals surface area contributed by atoms with Crippen LogP contribution in [-0.4, -0.2) is 20.6 Å². The number of carbonyl (C=O) groups excluding carboxylic acids is 1. The molecule has 8 heteroatoms. The van der Waals surface area contributed by atoms with E-state index in [9.17, 15) is 9.18 Å². The molecular weight excluding hydrogens is 427 g/mol. The Hall–Kier alpha value is -3.26. The van der Waals surface area contributed by atoms with Crippen molar-refractivity contribution in [1.82, 2.24) is 14.5 Å². The van der Waals surface area contributed by atoms with Crippen LogP contribution in [0.3, 0.4) is 0 Å². The molecule has 0 aliphatic carbocycles. The van der Waals surface area contributed by atoms with Crippen molar-refractivity contribution in [2.45, 2.75) is 46.3 Å². The number of benzene rings is 2. The van der Waals surface area contributed by atoms with Crippen LogP contribution in [0.2, 0.25) is 0 Å². The zero-order valence-electron chi connectivity index (χ0n) is 17.9. The van der Waals surface area contributed by atoms with Gasteiger partial charge in [-0.3, -0.25) is 5.32 Å². The summed E-state index contributed by atoms with van der Waals surface area (Å²) in [6, 6.07) is 10.6.